The standard InChI is InChI=1S/C14H22N4O2/c1-2-13(16-15-3-1)12-14(17-4-8-19-9-5-17)18-6-10-20-11-7-18/h1-3,14H,4-12H2. The highest BCUT2D eigenvalue weighted by molar-refractivity contribution is 5.02. The summed E-state index contributed by atoms with van der Waals surface area (Å²) in [4.78, 5) is 5.01. The molecule has 0 spiro atoms. The van der Waals surface area contributed by atoms with Gasteiger partial charge in [0, 0.05) is 38.8 Å². The predicted molar refractivity (Wildman–Crippen MR) is 74.3 cm³/mol. The van der Waals surface area contributed by atoms with Crippen molar-refractivity contribution in [3.63, 3.8) is 0 Å². The highest BCUT2D eigenvalue weighted by Crippen LogP contribution is 2.15. The van der Waals surface area contributed by atoms with Crippen LogP contribution in [-0.4, -0.2) is 78.8 Å². The Hall–Kier alpha value is -1.08. The first-order valence-corrected chi connectivity index (χ1v) is 7.33. The SMILES string of the molecule is c1cnnc(CC(N2CCOCC2)N2CCOCC2)c1. The molecular weight excluding hydrogens is 256 g/mol. The number of aromatic nitrogens is 2. The molecule has 0 unspecified atom stereocenters. The number of hydrogen-bond acceptors (Lipinski definition) is 6. The lowest BCUT2D eigenvalue weighted by Gasteiger charge is -2.42. The van der Waals surface area contributed by atoms with Gasteiger partial charge >= 0.3 is 0 Å². The molecule has 0 bridgehead atoms. The van der Waals surface area contributed by atoms with Crippen LogP contribution >= 0.6 is 0 Å². The lowest BCUT2D eigenvalue weighted by Crippen LogP contribution is -2.56. The molecule has 0 N–H and O–H groups in total. The molecule has 0 amide bonds. The van der Waals surface area contributed by atoms with Gasteiger partial charge in [0.1, 0.15) is 0 Å². The number of rotatable bonds is 4. The third-order valence-electron chi connectivity index (χ3n) is 3.95. The summed E-state index contributed by atoms with van der Waals surface area (Å²) in [5.74, 6) is 0. The Labute approximate surface area is 119 Å². The highest BCUT2D eigenvalue weighted by Gasteiger charge is 2.28. The molecule has 2 aliphatic heterocycles. The summed E-state index contributed by atoms with van der Waals surface area (Å²) in [6, 6.07) is 4.01. The van der Waals surface area contributed by atoms with E-state index >= 15 is 0 Å². The molecule has 6 heteroatoms. The van der Waals surface area contributed by atoms with E-state index < -0.39 is 0 Å². The average Bonchev–Trinajstić information content (AvgIpc) is 2.55. The molecule has 0 radical (unpaired) electrons. The second-order valence-electron chi connectivity index (χ2n) is 5.20. The van der Waals surface area contributed by atoms with Gasteiger partial charge in [0.2, 0.25) is 0 Å². The lowest BCUT2D eigenvalue weighted by atomic mass is 10.1. The Kier molecular flexibility index (Phi) is 4.91. The van der Waals surface area contributed by atoms with Crippen LogP contribution in [0.5, 0.6) is 0 Å². The largest absolute Gasteiger partial charge is 0.379 e. The summed E-state index contributed by atoms with van der Waals surface area (Å²) >= 11 is 0. The summed E-state index contributed by atoms with van der Waals surface area (Å²) in [5.41, 5.74) is 1.05. The van der Waals surface area contributed by atoms with Gasteiger partial charge in [-0.05, 0) is 12.1 Å². The van der Waals surface area contributed by atoms with Crippen LogP contribution in [-0.2, 0) is 15.9 Å². The summed E-state index contributed by atoms with van der Waals surface area (Å²) < 4.78 is 10.9. The average molecular weight is 278 g/mol. The van der Waals surface area contributed by atoms with Crippen LogP contribution in [0.2, 0.25) is 0 Å². The van der Waals surface area contributed by atoms with Crippen LogP contribution in [0.25, 0.3) is 0 Å². The molecule has 0 atom stereocenters. The lowest BCUT2D eigenvalue weighted by molar-refractivity contribution is -0.0657. The minimum atomic E-state index is 0.375. The van der Waals surface area contributed by atoms with Crippen LogP contribution < -0.4 is 0 Å². The minimum absolute atomic E-state index is 0.375. The Bertz CT molecular complexity index is 373. The maximum atomic E-state index is 5.47. The molecule has 1 aromatic rings. The van der Waals surface area contributed by atoms with E-state index in [1.54, 1.807) is 6.20 Å². The molecule has 3 rings (SSSR count). The number of hydrogen-bond donors (Lipinski definition) is 0. The van der Waals surface area contributed by atoms with Crippen LogP contribution in [0, 0.1) is 0 Å². The molecular formula is C14H22N4O2. The Morgan fingerprint density at radius 1 is 1.00 bits per heavy atom. The zero-order valence-electron chi connectivity index (χ0n) is 11.8. The third-order valence-corrected chi connectivity index (χ3v) is 3.95. The summed E-state index contributed by atoms with van der Waals surface area (Å²) in [5, 5.41) is 8.23. The quantitative estimate of drug-likeness (QED) is 0.773. The van der Waals surface area contributed by atoms with Crippen molar-refractivity contribution in [1.29, 1.82) is 0 Å². The fourth-order valence-electron chi connectivity index (χ4n) is 2.87. The van der Waals surface area contributed by atoms with Crippen molar-refractivity contribution in [2.45, 2.75) is 12.6 Å². The van der Waals surface area contributed by atoms with E-state index in [-0.39, 0.29) is 0 Å². The molecule has 2 aliphatic rings. The van der Waals surface area contributed by atoms with Crippen molar-refractivity contribution in [1.82, 2.24) is 20.0 Å². The normalized spacial score (nSPS) is 22.2. The first-order chi connectivity index (χ1) is 9.93. The van der Waals surface area contributed by atoms with Gasteiger partial charge in [0.05, 0.1) is 38.3 Å². The summed E-state index contributed by atoms with van der Waals surface area (Å²) in [7, 11) is 0. The predicted octanol–water partition coefficient (Wildman–Crippen LogP) is 0.00960. The van der Waals surface area contributed by atoms with Gasteiger partial charge in [-0.1, -0.05) is 0 Å². The van der Waals surface area contributed by atoms with Crippen molar-refractivity contribution < 1.29 is 9.47 Å². The van der Waals surface area contributed by atoms with Gasteiger partial charge < -0.3 is 9.47 Å². The van der Waals surface area contributed by atoms with Crippen molar-refractivity contribution in [2.24, 2.45) is 0 Å². The van der Waals surface area contributed by atoms with Gasteiger partial charge in [0.15, 0.2) is 0 Å². The number of morpholine rings is 2. The van der Waals surface area contributed by atoms with Gasteiger partial charge in [-0.2, -0.15) is 10.2 Å². The van der Waals surface area contributed by atoms with Crippen molar-refractivity contribution in [3.8, 4) is 0 Å². The van der Waals surface area contributed by atoms with E-state index in [1.807, 2.05) is 6.07 Å². The topological polar surface area (TPSA) is 50.7 Å². The molecule has 3 heterocycles. The Morgan fingerprint density at radius 2 is 1.60 bits per heavy atom. The first-order valence-electron chi connectivity index (χ1n) is 7.33. The molecule has 1 aromatic heterocycles. The molecule has 0 aromatic carbocycles. The van der Waals surface area contributed by atoms with Crippen LogP contribution in [0.1, 0.15) is 5.69 Å². The number of nitrogens with zero attached hydrogens (tertiary/aromatic N) is 4. The highest BCUT2D eigenvalue weighted by atomic mass is 16.5. The first kappa shape index (κ1) is 13.9. The van der Waals surface area contributed by atoms with E-state index in [0.717, 1.165) is 64.7 Å². The fourth-order valence-corrected chi connectivity index (χ4v) is 2.87. The molecule has 0 saturated carbocycles. The van der Waals surface area contributed by atoms with E-state index in [2.05, 4.69) is 26.1 Å². The monoisotopic (exact) mass is 278 g/mol. The smallest absolute Gasteiger partial charge is 0.0683 e. The van der Waals surface area contributed by atoms with Gasteiger partial charge in [-0.15, -0.1) is 0 Å². The van der Waals surface area contributed by atoms with Gasteiger partial charge in [0.25, 0.3) is 0 Å². The molecule has 0 aliphatic carbocycles. The van der Waals surface area contributed by atoms with Crippen LogP contribution in [0.4, 0.5) is 0 Å². The third kappa shape index (κ3) is 3.52. The summed E-state index contributed by atoms with van der Waals surface area (Å²) in [6.07, 6.45) is 3.01. The maximum Gasteiger partial charge on any atom is 0.0683 e. The minimum Gasteiger partial charge on any atom is -0.379 e. The van der Waals surface area contributed by atoms with Crippen molar-refractivity contribution in [3.05, 3.63) is 24.0 Å². The zero-order chi connectivity index (χ0) is 13.6. The van der Waals surface area contributed by atoms with E-state index in [1.165, 1.54) is 0 Å². The second-order valence-corrected chi connectivity index (χ2v) is 5.20. The molecule has 110 valence electrons. The van der Waals surface area contributed by atoms with E-state index in [9.17, 15) is 0 Å². The van der Waals surface area contributed by atoms with Crippen molar-refractivity contribution >= 4 is 0 Å². The fraction of sp³-hybridized carbons (Fsp3) is 0.714. The van der Waals surface area contributed by atoms with Crippen LogP contribution in [0.15, 0.2) is 18.3 Å². The van der Waals surface area contributed by atoms with E-state index in [4.69, 9.17) is 9.47 Å². The summed E-state index contributed by atoms with van der Waals surface area (Å²) in [6.45, 7) is 7.24. The molecule has 6 nitrogen and oxygen atoms in total. The maximum absolute atomic E-state index is 5.47. The second kappa shape index (κ2) is 7.08. The molecule has 2 saturated heterocycles. The van der Waals surface area contributed by atoms with Gasteiger partial charge in [-0.25, -0.2) is 0 Å². The molecule has 2 fully saturated rings. The Morgan fingerprint density at radius 3 is 2.10 bits per heavy atom. The Balaban J connectivity index is 1.71. The molecule has 20 heavy (non-hydrogen) atoms. The van der Waals surface area contributed by atoms with Crippen molar-refractivity contribution in [2.75, 3.05) is 52.6 Å². The zero-order valence-corrected chi connectivity index (χ0v) is 11.8. The number of ether oxygens (including phenoxy) is 2. The van der Waals surface area contributed by atoms with Gasteiger partial charge in [-0.3, -0.25) is 9.80 Å². The van der Waals surface area contributed by atoms with Crippen LogP contribution in [0.3, 0.4) is 0 Å². The van der Waals surface area contributed by atoms with E-state index in [0.29, 0.717) is 6.17 Å².